The average molecular weight is 286 g/mol. The molecular formula is C21H18O. The summed E-state index contributed by atoms with van der Waals surface area (Å²) in [5.41, 5.74) is 1.28. The molecule has 0 radical (unpaired) electrons. The lowest BCUT2D eigenvalue weighted by Crippen LogP contribution is -1.90. The van der Waals surface area contributed by atoms with E-state index >= 15 is 0 Å². The molecule has 0 aliphatic heterocycles. The van der Waals surface area contributed by atoms with Crippen LogP contribution in [-0.4, -0.2) is 5.11 Å². The second kappa shape index (κ2) is 4.74. The topological polar surface area (TPSA) is 20.2 Å². The summed E-state index contributed by atoms with van der Waals surface area (Å²) in [5, 5.41) is 17.3. The SMILES string of the molecule is CC(C)c1ccc(O)c2c1ccc1c3ccccc3ccc12. The van der Waals surface area contributed by atoms with Crippen LogP contribution in [0.25, 0.3) is 32.3 Å². The van der Waals surface area contributed by atoms with Crippen molar-refractivity contribution in [3.63, 3.8) is 0 Å². The molecule has 0 aliphatic rings. The fourth-order valence-corrected chi connectivity index (χ4v) is 3.45. The van der Waals surface area contributed by atoms with Gasteiger partial charge in [0.1, 0.15) is 5.75 Å². The van der Waals surface area contributed by atoms with E-state index in [0.29, 0.717) is 11.7 Å². The zero-order chi connectivity index (χ0) is 15.3. The number of phenolic OH excluding ortho intramolecular Hbond substituents is 1. The Hall–Kier alpha value is -2.54. The van der Waals surface area contributed by atoms with Gasteiger partial charge in [0.05, 0.1) is 0 Å². The van der Waals surface area contributed by atoms with Gasteiger partial charge in [0.25, 0.3) is 0 Å². The molecule has 0 saturated heterocycles. The van der Waals surface area contributed by atoms with Crippen LogP contribution >= 0.6 is 0 Å². The van der Waals surface area contributed by atoms with Gasteiger partial charge in [-0.15, -0.1) is 0 Å². The van der Waals surface area contributed by atoms with Gasteiger partial charge in [0.2, 0.25) is 0 Å². The zero-order valence-corrected chi connectivity index (χ0v) is 12.8. The van der Waals surface area contributed by atoms with Gasteiger partial charge in [-0.2, -0.15) is 0 Å². The van der Waals surface area contributed by atoms with E-state index in [1.165, 1.54) is 21.7 Å². The van der Waals surface area contributed by atoms with Gasteiger partial charge in [-0.3, -0.25) is 0 Å². The molecule has 0 amide bonds. The number of hydrogen-bond acceptors (Lipinski definition) is 1. The quantitative estimate of drug-likeness (QED) is 0.427. The number of fused-ring (bicyclic) bond motifs is 5. The highest BCUT2D eigenvalue weighted by molar-refractivity contribution is 6.19. The fraction of sp³-hybridized carbons (Fsp3) is 0.143. The Balaban J connectivity index is 2.24. The maximum Gasteiger partial charge on any atom is 0.124 e. The highest BCUT2D eigenvalue weighted by atomic mass is 16.3. The molecular weight excluding hydrogens is 268 g/mol. The van der Waals surface area contributed by atoms with Gasteiger partial charge in [0, 0.05) is 5.39 Å². The molecule has 0 heterocycles. The second-order valence-corrected chi connectivity index (χ2v) is 6.20. The standard InChI is InChI=1S/C21H18O/c1-13(2)15-11-12-20(22)21-18(15)10-9-17-16-6-4-3-5-14(16)7-8-19(17)21/h3-13,22H,1-2H3. The van der Waals surface area contributed by atoms with Crippen molar-refractivity contribution in [1.82, 2.24) is 0 Å². The average Bonchev–Trinajstić information content (AvgIpc) is 2.54. The summed E-state index contributed by atoms with van der Waals surface area (Å²) in [6, 6.07) is 20.9. The molecule has 0 aliphatic carbocycles. The lowest BCUT2D eigenvalue weighted by atomic mass is 9.91. The Morgan fingerprint density at radius 2 is 1.41 bits per heavy atom. The van der Waals surface area contributed by atoms with E-state index in [1.807, 2.05) is 12.1 Å². The minimum Gasteiger partial charge on any atom is -0.507 e. The minimum atomic E-state index is 0.361. The number of benzene rings is 4. The predicted octanol–water partition coefficient (Wildman–Crippen LogP) is 5.98. The second-order valence-electron chi connectivity index (χ2n) is 6.20. The summed E-state index contributed by atoms with van der Waals surface area (Å²) >= 11 is 0. The first-order valence-corrected chi connectivity index (χ1v) is 7.73. The smallest absolute Gasteiger partial charge is 0.124 e. The molecule has 108 valence electrons. The van der Waals surface area contributed by atoms with E-state index in [0.717, 1.165) is 16.2 Å². The Morgan fingerprint density at radius 3 is 2.23 bits per heavy atom. The van der Waals surface area contributed by atoms with Crippen LogP contribution in [0.3, 0.4) is 0 Å². The molecule has 0 bridgehead atoms. The van der Waals surface area contributed by atoms with Crippen molar-refractivity contribution in [1.29, 1.82) is 0 Å². The van der Waals surface area contributed by atoms with Crippen LogP contribution in [0, 0.1) is 0 Å². The Bertz CT molecular complexity index is 1010. The monoisotopic (exact) mass is 286 g/mol. The molecule has 1 nitrogen and oxygen atoms in total. The van der Waals surface area contributed by atoms with Gasteiger partial charge in [-0.25, -0.2) is 0 Å². The molecule has 0 saturated carbocycles. The van der Waals surface area contributed by atoms with Crippen molar-refractivity contribution >= 4 is 32.3 Å². The molecule has 1 N–H and O–H groups in total. The van der Waals surface area contributed by atoms with E-state index in [4.69, 9.17) is 0 Å². The molecule has 4 aromatic rings. The Labute approximate surface area is 129 Å². The van der Waals surface area contributed by atoms with Crippen LogP contribution < -0.4 is 0 Å². The molecule has 0 aromatic heterocycles. The molecule has 0 spiro atoms. The van der Waals surface area contributed by atoms with Crippen molar-refractivity contribution in [2.24, 2.45) is 0 Å². The molecule has 22 heavy (non-hydrogen) atoms. The van der Waals surface area contributed by atoms with E-state index in [2.05, 4.69) is 62.4 Å². The summed E-state index contributed by atoms with van der Waals surface area (Å²) in [6.07, 6.45) is 0. The summed E-state index contributed by atoms with van der Waals surface area (Å²) in [6.45, 7) is 4.38. The van der Waals surface area contributed by atoms with Crippen molar-refractivity contribution in [3.8, 4) is 5.75 Å². The van der Waals surface area contributed by atoms with Gasteiger partial charge in [0.15, 0.2) is 0 Å². The lowest BCUT2D eigenvalue weighted by molar-refractivity contribution is 0.482. The predicted molar refractivity (Wildman–Crippen MR) is 94.7 cm³/mol. The van der Waals surface area contributed by atoms with Crippen LogP contribution in [0.4, 0.5) is 0 Å². The van der Waals surface area contributed by atoms with Crippen molar-refractivity contribution < 1.29 is 5.11 Å². The molecule has 0 unspecified atom stereocenters. The third kappa shape index (κ3) is 1.79. The number of phenols is 1. The fourth-order valence-electron chi connectivity index (χ4n) is 3.45. The number of rotatable bonds is 1. The molecule has 4 rings (SSSR count). The zero-order valence-electron chi connectivity index (χ0n) is 12.8. The normalized spacial score (nSPS) is 11.8. The number of hydrogen-bond donors (Lipinski definition) is 1. The van der Waals surface area contributed by atoms with Crippen LogP contribution in [0.5, 0.6) is 5.75 Å². The largest absolute Gasteiger partial charge is 0.507 e. The lowest BCUT2D eigenvalue weighted by Gasteiger charge is -2.14. The minimum absolute atomic E-state index is 0.361. The highest BCUT2D eigenvalue weighted by Gasteiger charge is 2.12. The van der Waals surface area contributed by atoms with Crippen LogP contribution in [0.2, 0.25) is 0 Å². The van der Waals surface area contributed by atoms with Crippen molar-refractivity contribution in [2.75, 3.05) is 0 Å². The Morgan fingerprint density at radius 1 is 0.682 bits per heavy atom. The third-order valence-corrected chi connectivity index (χ3v) is 4.54. The molecule has 4 aromatic carbocycles. The number of aromatic hydroxyl groups is 1. The first-order chi connectivity index (χ1) is 10.7. The van der Waals surface area contributed by atoms with E-state index in [1.54, 1.807) is 0 Å². The van der Waals surface area contributed by atoms with Crippen LogP contribution in [-0.2, 0) is 0 Å². The summed E-state index contributed by atoms with van der Waals surface area (Å²) < 4.78 is 0. The van der Waals surface area contributed by atoms with Crippen molar-refractivity contribution in [3.05, 3.63) is 66.2 Å². The van der Waals surface area contributed by atoms with E-state index in [-0.39, 0.29) is 0 Å². The van der Waals surface area contributed by atoms with E-state index < -0.39 is 0 Å². The maximum atomic E-state index is 10.4. The maximum absolute atomic E-state index is 10.4. The molecule has 1 heteroatoms. The highest BCUT2D eigenvalue weighted by Crippen LogP contribution is 2.38. The van der Waals surface area contributed by atoms with Gasteiger partial charge in [-0.05, 0) is 44.5 Å². The van der Waals surface area contributed by atoms with Crippen LogP contribution in [0.1, 0.15) is 25.3 Å². The first-order valence-electron chi connectivity index (χ1n) is 7.73. The summed E-state index contributed by atoms with van der Waals surface area (Å²) in [7, 11) is 0. The molecule has 0 fully saturated rings. The van der Waals surface area contributed by atoms with Crippen molar-refractivity contribution in [2.45, 2.75) is 19.8 Å². The summed E-state index contributed by atoms with van der Waals surface area (Å²) in [5.74, 6) is 0.793. The Kier molecular flexibility index (Phi) is 2.83. The first kappa shape index (κ1) is 13.1. The van der Waals surface area contributed by atoms with Gasteiger partial charge >= 0.3 is 0 Å². The van der Waals surface area contributed by atoms with Gasteiger partial charge in [-0.1, -0.05) is 68.4 Å². The van der Waals surface area contributed by atoms with E-state index in [9.17, 15) is 5.11 Å². The third-order valence-electron chi connectivity index (χ3n) is 4.54. The summed E-state index contributed by atoms with van der Waals surface area (Å²) in [4.78, 5) is 0. The van der Waals surface area contributed by atoms with Gasteiger partial charge < -0.3 is 5.11 Å². The molecule has 0 atom stereocenters. The van der Waals surface area contributed by atoms with Crippen LogP contribution in [0.15, 0.2) is 60.7 Å².